The molecule has 4 heterocycles. The molecule has 2 aliphatic rings. The molecule has 2 fully saturated rings. The molecule has 2 amide bonds. The van der Waals surface area contributed by atoms with E-state index in [9.17, 15) is 22.8 Å². The van der Waals surface area contributed by atoms with E-state index >= 15 is 0 Å². The molecule has 1 aromatic carbocycles. The summed E-state index contributed by atoms with van der Waals surface area (Å²) in [6.07, 6.45) is 0.110. The van der Waals surface area contributed by atoms with Gasteiger partial charge >= 0.3 is 6.18 Å². The number of nitrogen functional groups attached to an aromatic ring is 1. The average Bonchev–Trinajstić information content (AvgIpc) is 3.77. The van der Waals surface area contributed by atoms with Crippen LogP contribution in [0.15, 0.2) is 48.8 Å². The first kappa shape index (κ1) is 28.6. The van der Waals surface area contributed by atoms with Crippen molar-refractivity contribution >= 4 is 29.0 Å². The van der Waals surface area contributed by atoms with Crippen molar-refractivity contribution in [1.29, 1.82) is 0 Å². The summed E-state index contributed by atoms with van der Waals surface area (Å²) in [7, 11) is 0. The quantitative estimate of drug-likeness (QED) is 0.325. The topological polar surface area (TPSA) is 128 Å². The Kier molecular flexibility index (Phi) is 7.28. The average molecular weight is 594 g/mol. The van der Waals surface area contributed by atoms with Gasteiger partial charge in [-0.3, -0.25) is 14.0 Å². The van der Waals surface area contributed by atoms with Crippen LogP contribution in [0.25, 0.3) is 16.8 Å². The Balaban J connectivity index is 1.32. The number of rotatable bonds is 6. The van der Waals surface area contributed by atoms with Gasteiger partial charge in [0, 0.05) is 35.1 Å². The minimum absolute atomic E-state index is 0.0442. The lowest BCUT2D eigenvalue weighted by Gasteiger charge is -2.37. The molecule has 4 aromatic rings. The zero-order chi connectivity index (χ0) is 30.5. The van der Waals surface area contributed by atoms with Crippen molar-refractivity contribution in [3.63, 3.8) is 0 Å². The Morgan fingerprint density at radius 3 is 2.56 bits per heavy atom. The van der Waals surface area contributed by atoms with Crippen molar-refractivity contribution < 1.29 is 27.5 Å². The SMILES string of the molecule is CCc1cnc(N)c2c(-c3ccc(C(=O)Nc4cc(C(F)(F)F)ccn4)cc3)nc(C3CN(C(=O)C4CC4)C(C)CO3)n12. The van der Waals surface area contributed by atoms with E-state index in [4.69, 9.17) is 15.5 Å². The second-order valence-corrected chi connectivity index (χ2v) is 10.9. The number of halogens is 3. The van der Waals surface area contributed by atoms with Gasteiger partial charge in [0.05, 0.1) is 24.8 Å². The molecule has 43 heavy (non-hydrogen) atoms. The third kappa shape index (κ3) is 5.52. The lowest BCUT2D eigenvalue weighted by Crippen LogP contribution is -2.49. The van der Waals surface area contributed by atoms with Crippen LogP contribution < -0.4 is 11.1 Å². The van der Waals surface area contributed by atoms with E-state index in [2.05, 4.69) is 15.3 Å². The largest absolute Gasteiger partial charge is 0.416 e. The zero-order valence-corrected chi connectivity index (χ0v) is 23.6. The number of aromatic nitrogens is 4. The Morgan fingerprint density at radius 1 is 1.14 bits per heavy atom. The number of imidazole rings is 1. The zero-order valence-electron chi connectivity index (χ0n) is 23.6. The van der Waals surface area contributed by atoms with Crippen LogP contribution in [0.2, 0.25) is 0 Å². The van der Waals surface area contributed by atoms with Gasteiger partial charge in [0.25, 0.3) is 5.91 Å². The third-order valence-corrected chi connectivity index (χ3v) is 7.83. The summed E-state index contributed by atoms with van der Waals surface area (Å²) >= 11 is 0. The third-order valence-electron chi connectivity index (χ3n) is 7.83. The van der Waals surface area contributed by atoms with Gasteiger partial charge in [0.2, 0.25) is 5.91 Å². The fourth-order valence-corrected chi connectivity index (χ4v) is 5.32. The molecule has 13 heteroatoms. The molecule has 2 atom stereocenters. The van der Waals surface area contributed by atoms with Crippen LogP contribution in [-0.4, -0.2) is 55.3 Å². The van der Waals surface area contributed by atoms with E-state index in [1.165, 1.54) is 0 Å². The van der Waals surface area contributed by atoms with Crippen LogP contribution in [0.3, 0.4) is 0 Å². The second kappa shape index (κ2) is 11.0. The van der Waals surface area contributed by atoms with Crippen LogP contribution in [-0.2, 0) is 22.1 Å². The number of morpholine rings is 1. The highest BCUT2D eigenvalue weighted by molar-refractivity contribution is 6.04. The van der Waals surface area contributed by atoms with Crippen molar-refractivity contribution in [2.45, 2.75) is 51.4 Å². The number of fused-ring (bicyclic) bond motifs is 1. The number of hydrogen-bond acceptors (Lipinski definition) is 7. The second-order valence-electron chi connectivity index (χ2n) is 10.9. The predicted molar refractivity (Wildman–Crippen MR) is 152 cm³/mol. The molecular formula is C30H30F3N7O3. The molecule has 1 saturated carbocycles. The van der Waals surface area contributed by atoms with E-state index < -0.39 is 23.8 Å². The number of nitrogens with one attached hydrogen (secondary N) is 1. The molecule has 1 aliphatic heterocycles. The molecule has 224 valence electrons. The number of nitrogens with two attached hydrogens (primary N) is 1. The lowest BCUT2D eigenvalue weighted by atomic mass is 10.1. The fraction of sp³-hybridized carbons (Fsp3) is 0.367. The highest BCUT2D eigenvalue weighted by atomic mass is 19.4. The number of nitrogens with zero attached hydrogens (tertiary/aromatic N) is 5. The molecule has 2 unspecified atom stereocenters. The van der Waals surface area contributed by atoms with Crippen LogP contribution in [0.4, 0.5) is 24.8 Å². The molecule has 3 aromatic heterocycles. The molecule has 3 N–H and O–H groups in total. The van der Waals surface area contributed by atoms with Gasteiger partial charge in [-0.15, -0.1) is 0 Å². The molecule has 1 aliphatic carbocycles. The summed E-state index contributed by atoms with van der Waals surface area (Å²) in [5.41, 5.74) is 8.32. The Bertz CT molecular complexity index is 1700. The van der Waals surface area contributed by atoms with Crippen LogP contribution in [0, 0.1) is 5.92 Å². The molecule has 1 saturated heterocycles. The van der Waals surface area contributed by atoms with Gasteiger partial charge in [-0.05, 0) is 50.5 Å². The maximum absolute atomic E-state index is 13.1. The fourth-order valence-electron chi connectivity index (χ4n) is 5.32. The maximum atomic E-state index is 13.1. The van der Waals surface area contributed by atoms with Crippen LogP contribution in [0.5, 0.6) is 0 Å². The van der Waals surface area contributed by atoms with Crippen molar-refractivity contribution in [2.24, 2.45) is 5.92 Å². The van der Waals surface area contributed by atoms with E-state index in [1.54, 1.807) is 30.5 Å². The molecule has 0 bridgehead atoms. The molecule has 6 rings (SSSR count). The number of hydrogen-bond donors (Lipinski definition) is 2. The summed E-state index contributed by atoms with van der Waals surface area (Å²) in [5.74, 6) is 0.268. The summed E-state index contributed by atoms with van der Waals surface area (Å²) in [6.45, 7) is 4.71. The number of carbonyl (C=O) groups excluding carboxylic acids is 2. The van der Waals surface area contributed by atoms with E-state index in [1.807, 2.05) is 23.1 Å². The number of amides is 2. The van der Waals surface area contributed by atoms with Gasteiger partial charge in [-0.25, -0.2) is 15.0 Å². The first-order valence-electron chi connectivity index (χ1n) is 14.1. The lowest BCUT2D eigenvalue weighted by molar-refractivity contribution is -0.146. The number of alkyl halides is 3. The number of benzene rings is 1. The Morgan fingerprint density at radius 2 is 1.88 bits per heavy atom. The number of anilines is 2. The minimum atomic E-state index is -4.56. The highest BCUT2D eigenvalue weighted by Gasteiger charge is 2.40. The normalized spacial score (nSPS) is 19.0. The summed E-state index contributed by atoms with van der Waals surface area (Å²) in [4.78, 5) is 40.9. The molecule has 10 nitrogen and oxygen atoms in total. The monoisotopic (exact) mass is 593 g/mol. The van der Waals surface area contributed by atoms with Gasteiger partial charge in [0.1, 0.15) is 34.8 Å². The number of ether oxygens (including phenoxy) is 1. The molecule has 0 spiro atoms. The number of pyridine rings is 1. The van der Waals surface area contributed by atoms with Gasteiger partial charge in [0.15, 0.2) is 0 Å². The van der Waals surface area contributed by atoms with Crippen molar-refractivity contribution in [3.8, 4) is 11.3 Å². The Labute approximate surface area is 245 Å². The smallest absolute Gasteiger partial charge is 0.382 e. The Hall–Kier alpha value is -4.52. The van der Waals surface area contributed by atoms with Crippen LogP contribution in [0.1, 0.15) is 60.2 Å². The summed E-state index contributed by atoms with van der Waals surface area (Å²) < 4.78 is 47.3. The standard InChI is InChI=1S/C30H30F3N7O3/c1-3-21-13-36-26(34)25-24(38-27(40(21)25)22-14-39(16(2)15-43-22)29(42)19-8-9-19)17-4-6-18(7-5-17)28(41)37-23-12-20(10-11-35-23)30(31,32)33/h4-7,10-13,16,19,22H,3,8-9,14-15H2,1-2H3,(H2,34,36)(H,35,37,41). The van der Waals surface area contributed by atoms with Gasteiger partial charge < -0.3 is 20.7 Å². The van der Waals surface area contributed by atoms with Crippen LogP contribution >= 0.6 is 0 Å². The van der Waals surface area contributed by atoms with Gasteiger partial charge in [-0.2, -0.15) is 13.2 Å². The summed E-state index contributed by atoms with van der Waals surface area (Å²) in [6, 6.07) is 8.03. The molecule has 0 radical (unpaired) electrons. The van der Waals surface area contributed by atoms with E-state index in [-0.39, 0.29) is 35.1 Å². The van der Waals surface area contributed by atoms with E-state index in [0.717, 1.165) is 36.9 Å². The number of carbonyl (C=O) groups is 2. The molecular weight excluding hydrogens is 563 g/mol. The summed E-state index contributed by atoms with van der Waals surface area (Å²) in [5, 5.41) is 2.41. The van der Waals surface area contributed by atoms with Crippen molar-refractivity contribution in [1.82, 2.24) is 24.3 Å². The maximum Gasteiger partial charge on any atom is 0.416 e. The highest BCUT2D eigenvalue weighted by Crippen LogP contribution is 2.37. The predicted octanol–water partition coefficient (Wildman–Crippen LogP) is 4.91. The minimum Gasteiger partial charge on any atom is -0.382 e. The van der Waals surface area contributed by atoms with Crippen molar-refractivity contribution in [3.05, 3.63) is 71.4 Å². The first-order chi connectivity index (χ1) is 20.5. The van der Waals surface area contributed by atoms with E-state index in [0.29, 0.717) is 42.2 Å². The number of aryl methyl sites for hydroxylation is 1. The van der Waals surface area contributed by atoms with Gasteiger partial charge in [-0.1, -0.05) is 19.1 Å². The van der Waals surface area contributed by atoms with Crippen molar-refractivity contribution in [2.75, 3.05) is 24.2 Å². The first-order valence-corrected chi connectivity index (χ1v) is 14.1.